The third-order valence-corrected chi connectivity index (χ3v) is 5.49. The predicted molar refractivity (Wildman–Crippen MR) is 89.2 cm³/mol. The molecule has 0 aliphatic heterocycles. The number of thiophene rings is 1. The summed E-state index contributed by atoms with van der Waals surface area (Å²) in [7, 11) is 0. The Labute approximate surface area is 130 Å². The second kappa shape index (κ2) is 4.64. The maximum absolute atomic E-state index is 13.0. The van der Waals surface area contributed by atoms with Gasteiger partial charge in [0.2, 0.25) is 0 Å². The highest BCUT2D eigenvalue weighted by Crippen LogP contribution is 2.37. The van der Waals surface area contributed by atoms with Crippen molar-refractivity contribution in [1.82, 2.24) is 9.55 Å². The van der Waals surface area contributed by atoms with Gasteiger partial charge in [-0.15, -0.1) is 11.3 Å². The van der Waals surface area contributed by atoms with Gasteiger partial charge < -0.3 is 4.98 Å². The fourth-order valence-corrected chi connectivity index (χ4v) is 4.85. The molecular formula is C16H14N2OS2. The molecule has 0 spiro atoms. The highest BCUT2D eigenvalue weighted by molar-refractivity contribution is 7.71. The molecule has 1 atom stereocenters. The number of hydrogen-bond donors (Lipinski definition) is 1. The number of para-hydroxylation sites is 1. The van der Waals surface area contributed by atoms with Crippen LogP contribution in [0.2, 0.25) is 0 Å². The van der Waals surface area contributed by atoms with Gasteiger partial charge in [-0.25, -0.2) is 0 Å². The molecule has 5 heteroatoms. The zero-order valence-corrected chi connectivity index (χ0v) is 13.2. The molecule has 1 aliphatic carbocycles. The standard InChI is InChI=1S/C16H14N2OS2/c1-9-7-11-12(8-9)21-14-13(11)15(19)18(16(20)17-14)10-5-3-2-4-6-10/h2-6,9H,7-8H2,1H3,(H,17,20). The molecule has 2 aromatic heterocycles. The van der Waals surface area contributed by atoms with E-state index in [1.54, 1.807) is 15.9 Å². The summed E-state index contributed by atoms with van der Waals surface area (Å²) in [6.07, 6.45) is 2.06. The van der Waals surface area contributed by atoms with Gasteiger partial charge >= 0.3 is 0 Å². The van der Waals surface area contributed by atoms with Crippen LogP contribution in [0.25, 0.3) is 15.9 Å². The minimum absolute atomic E-state index is 0.00606. The smallest absolute Gasteiger partial charge is 0.267 e. The molecule has 0 bridgehead atoms. The molecule has 21 heavy (non-hydrogen) atoms. The molecular weight excluding hydrogens is 300 g/mol. The van der Waals surface area contributed by atoms with E-state index >= 15 is 0 Å². The number of fused-ring (bicyclic) bond motifs is 3. The van der Waals surface area contributed by atoms with E-state index in [-0.39, 0.29) is 5.56 Å². The molecule has 1 aromatic carbocycles. The number of H-pyrrole nitrogens is 1. The monoisotopic (exact) mass is 314 g/mol. The lowest BCUT2D eigenvalue weighted by molar-refractivity contribution is 0.630. The van der Waals surface area contributed by atoms with Gasteiger partial charge in [0.15, 0.2) is 4.77 Å². The summed E-state index contributed by atoms with van der Waals surface area (Å²) in [5.74, 6) is 0.628. The van der Waals surface area contributed by atoms with Gasteiger partial charge in [0.05, 0.1) is 11.1 Å². The van der Waals surface area contributed by atoms with Crippen molar-refractivity contribution in [3.8, 4) is 5.69 Å². The number of hydrogen-bond acceptors (Lipinski definition) is 3. The summed E-state index contributed by atoms with van der Waals surface area (Å²) in [4.78, 5) is 18.5. The average molecular weight is 314 g/mol. The predicted octanol–water partition coefficient (Wildman–Crippen LogP) is 3.84. The maximum atomic E-state index is 13.0. The Morgan fingerprint density at radius 1 is 1.29 bits per heavy atom. The van der Waals surface area contributed by atoms with E-state index in [4.69, 9.17) is 12.2 Å². The molecule has 0 amide bonds. The summed E-state index contributed by atoms with van der Waals surface area (Å²) in [5, 5.41) is 0.830. The van der Waals surface area contributed by atoms with Crippen LogP contribution >= 0.6 is 23.6 Å². The molecule has 1 N–H and O–H groups in total. The number of aromatic nitrogens is 2. The van der Waals surface area contributed by atoms with E-state index in [1.807, 2.05) is 30.3 Å². The molecule has 0 fully saturated rings. The van der Waals surface area contributed by atoms with Gasteiger partial charge in [-0.1, -0.05) is 25.1 Å². The minimum Gasteiger partial charge on any atom is -0.323 e. The number of nitrogens with one attached hydrogen (secondary N) is 1. The lowest BCUT2D eigenvalue weighted by Gasteiger charge is -2.07. The van der Waals surface area contributed by atoms with E-state index in [9.17, 15) is 4.79 Å². The lowest BCUT2D eigenvalue weighted by atomic mass is 10.1. The maximum Gasteiger partial charge on any atom is 0.267 e. The fourth-order valence-electron chi connectivity index (χ4n) is 3.11. The van der Waals surface area contributed by atoms with Crippen LogP contribution in [0.4, 0.5) is 0 Å². The summed E-state index contributed by atoms with van der Waals surface area (Å²) in [6.45, 7) is 2.24. The summed E-state index contributed by atoms with van der Waals surface area (Å²) in [6, 6.07) is 9.59. The van der Waals surface area contributed by atoms with Crippen LogP contribution in [0, 0.1) is 10.7 Å². The van der Waals surface area contributed by atoms with Gasteiger partial charge in [-0.05, 0) is 48.7 Å². The van der Waals surface area contributed by atoms with Crippen molar-refractivity contribution >= 4 is 33.8 Å². The minimum atomic E-state index is 0.00606. The molecule has 2 heterocycles. The second-order valence-electron chi connectivity index (χ2n) is 5.63. The number of benzene rings is 1. The average Bonchev–Trinajstić information content (AvgIpc) is 2.95. The van der Waals surface area contributed by atoms with Crippen molar-refractivity contribution < 1.29 is 0 Å². The van der Waals surface area contributed by atoms with Gasteiger partial charge in [-0.3, -0.25) is 9.36 Å². The second-order valence-corrected chi connectivity index (χ2v) is 7.12. The van der Waals surface area contributed by atoms with Crippen LogP contribution in [0.3, 0.4) is 0 Å². The highest BCUT2D eigenvalue weighted by atomic mass is 32.1. The van der Waals surface area contributed by atoms with Crippen molar-refractivity contribution in [3.05, 3.63) is 55.9 Å². The first-order valence-electron chi connectivity index (χ1n) is 7.00. The summed E-state index contributed by atoms with van der Waals surface area (Å²) < 4.78 is 2.07. The third-order valence-electron chi connectivity index (χ3n) is 4.03. The number of rotatable bonds is 1. The Bertz CT molecular complexity index is 950. The zero-order valence-electron chi connectivity index (χ0n) is 11.6. The first-order valence-corrected chi connectivity index (χ1v) is 8.22. The van der Waals surface area contributed by atoms with Crippen molar-refractivity contribution in [1.29, 1.82) is 0 Å². The molecule has 3 aromatic rings. The molecule has 106 valence electrons. The largest absolute Gasteiger partial charge is 0.323 e. The highest BCUT2D eigenvalue weighted by Gasteiger charge is 2.25. The Morgan fingerprint density at radius 3 is 2.81 bits per heavy atom. The van der Waals surface area contributed by atoms with Gasteiger partial charge in [-0.2, -0.15) is 0 Å². The quantitative estimate of drug-likeness (QED) is 0.693. The SMILES string of the molecule is CC1Cc2sc3[nH]c(=S)n(-c4ccccc4)c(=O)c3c2C1. The first kappa shape index (κ1) is 13.0. The molecule has 3 nitrogen and oxygen atoms in total. The van der Waals surface area contributed by atoms with Crippen molar-refractivity contribution in [2.24, 2.45) is 5.92 Å². The fraction of sp³-hybridized carbons (Fsp3) is 0.250. The first-order chi connectivity index (χ1) is 10.1. The van der Waals surface area contributed by atoms with E-state index in [0.29, 0.717) is 10.7 Å². The van der Waals surface area contributed by atoms with Crippen LogP contribution in [0.1, 0.15) is 17.4 Å². The molecule has 4 rings (SSSR count). The Morgan fingerprint density at radius 2 is 2.05 bits per heavy atom. The lowest BCUT2D eigenvalue weighted by Crippen LogP contribution is -2.20. The Kier molecular flexibility index (Phi) is 2.87. The van der Waals surface area contributed by atoms with E-state index in [2.05, 4.69) is 11.9 Å². The van der Waals surface area contributed by atoms with Crippen molar-refractivity contribution in [2.45, 2.75) is 19.8 Å². The molecule has 0 saturated carbocycles. The molecule has 0 saturated heterocycles. The molecule has 1 unspecified atom stereocenters. The van der Waals surface area contributed by atoms with Crippen LogP contribution in [0.15, 0.2) is 35.1 Å². The Balaban J connectivity index is 2.08. The van der Waals surface area contributed by atoms with Crippen LogP contribution in [-0.2, 0) is 12.8 Å². The van der Waals surface area contributed by atoms with Gasteiger partial charge in [0.25, 0.3) is 5.56 Å². The van der Waals surface area contributed by atoms with Crippen LogP contribution < -0.4 is 5.56 Å². The molecule has 1 aliphatic rings. The van der Waals surface area contributed by atoms with E-state index < -0.39 is 0 Å². The van der Waals surface area contributed by atoms with Crippen LogP contribution in [-0.4, -0.2) is 9.55 Å². The third kappa shape index (κ3) is 1.92. The number of nitrogens with zero attached hydrogens (tertiary/aromatic N) is 1. The van der Waals surface area contributed by atoms with Crippen LogP contribution in [0.5, 0.6) is 0 Å². The van der Waals surface area contributed by atoms with E-state index in [1.165, 1.54) is 10.4 Å². The zero-order chi connectivity index (χ0) is 14.6. The summed E-state index contributed by atoms with van der Waals surface area (Å²) >= 11 is 7.08. The molecule has 0 radical (unpaired) electrons. The van der Waals surface area contributed by atoms with Gasteiger partial charge in [0.1, 0.15) is 4.83 Å². The topological polar surface area (TPSA) is 37.8 Å². The summed E-state index contributed by atoms with van der Waals surface area (Å²) in [5.41, 5.74) is 2.05. The van der Waals surface area contributed by atoms with Gasteiger partial charge in [0, 0.05) is 4.88 Å². The van der Waals surface area contributed by atoms with Crippen molar-refractivity contribution in [2.75, 3.05) is 0 Å². The Hall–Kier alpha value is -1.72. The van der Waals surface area contributed by atoms with E-state index in [0.717, 1.165) is 28.7 Å². The normalized spacial score (nSPS) is 17.3. The number of aromatic amines is 1. The van der Waals surface area contributed by atoms with Crippen molar-refractivity contribution in [3.63, 3.8) is 0 Å².